The lowest BCUT2D eigenvalue weighted by Gasteiger charge is -2.08. The Hall–Kier alpha value is -2.15. The van der Waals surface area contributed by atoms with Gasteiger partial charge >= 0.3 is 5.97 Å². The Balaban J connectivity index is 2.42. The summed E-state index contributed by atoms with van der Waals surface area (Å²) in [5, 5.41) is 9.98. The van der Waals surface area contributed by atoms with E-state index in [-0.39, 0.29) is 5.56 Å². The summed E-state index contributed by atoms with van der Waals surface area (Å²) in [7, 11) is 0. The molecule has 0 saturated heterocycles. The molecule has 0 atom stereocenters. The molecule has 7 heteroatoms. The molecule has 0 aromatic carbocycles. The van der Waals surface area contributed by atoms with Crippen LogP contribution in [0.25, 0.3) is 0 Å². The molecule has 0 aliphatic carbocycles. The molecule has 2 aromatic rings. The molecule has 0 unspecified atom stereocenters. The first-order chi connectivity index (χ1) is 9.38. The zero-order valence-corrected chi connectivity index (χ0v) is 12.2. The Bertz CT molecular complexity index is 665. The fraction of sp³-hybridized carbons (Fsp3) is 0.231. The molecule has 2 rings (SSSR count). The van der Waals surface area contributed by atoms with Crippen molar-refractivity contribution in [2.75, 3.05) is 5.73 Å². The molecule has 2 heterocycles. The first-order valence-corrected chi connectivity index (χ1v) is 6.68. The van der Waals surface area contributed by atoms with Crippen LogP contribution in [-0.2, 0) is 0 Å². The first-order valence-electron chi connectivity index (χ1n) is 5.87. The van der Waals surface area contributed by atoms with Crippen LogP contribution in [-0.4, -0.2) is 26.0 Å². The van der Waals surface area contributed by atoms with Crippen molar-refractivity contribution in [1.29, 1.82) is 0 Å². The Morgan fingerprint density at radius 2 is 1.85 bits per heavy atom. The van der Waals surface area contributed by atoms with Gasteiger partial charge in [-0.2, -0.15) is 0 Å². The molecule has 0 spiro atoms. The number of pyridine rings is 1. The summed E-state index contributed by atoms with van der Waals surface area (Å²) in [6.45, 7) is 5.73. The smallest absolute Gasteiger partial charge is 0.338 e. The summed E-state index contributed by atoms with van der Waals surface area (Å²) in [5.41, 5.74) is 8.68. The third kappa shape index (κ3) is 2.88. The SMILES string of the molecule is Cc1nc(Sc2ncc(N)cc2C(=O)O)nc(C)c1C. The lowest BCUT2D eigenvalue weighted by Crippen LogP contribution is -2.04. The normalized spacial score (nSPS) is 10.6. The second-order valence-corrected chi connectivity index (χ2v) is 5.29. The monoisotopic (exact) mass is 290 g/mol. The van der Waals surface area contributed by atoms with Gasteiger partial charge in [-0.3, -0.25) is 0 Å². The van der Waals surface area contributed by atoms with Crippen molar-refractivity contribution < 1.29 is 9.90 Å². The van der Waals surface area contributed by atoms with Crippen molar-refractivity contribution in [3.05, 3.63) is 34.8 Å². The number of anilines is 1. The van der Waals surface area contributed by atoms with E-state index in [4.69, 9.17) is 5.73 Å². The van der Waals surface area contributed by atoms with Gasteiger partial charge in [-0.25, -0.2) is 19.7 Å². The molecular weight excluding hydrogens is 276 g/mol. The van der Waals surface area contributed by atoms with Crippen molar-refractivity contribution in [2.24, 2.45) is 0 Å². The Labute approximate surface area is 120 Å². The number of carboxylic acid groups (broad SMARTS) is 1. The number of nitrogens with two attached hydrogens (primary N) is 1. The summed E-state index contributed by atoms with van der Waals surface area (Å²) in [6, 6.07) is 1.38. The van der Waals surface area contributed by atoms with Gasteiger partial charge in [0.2, 0.25) is 0 Å². The van der Waals surface area contributed by atoms with Crippen LogP contribution in [0.15, 0.2) is 22.4 Å². The minimum Gasteiger partial charge on any atom is -0.478 e. The van der Waals surface area contributed by atoms with Gasteiger partial charge in [0.15, 0.2) is 5.16 Å². The third-order valence-corrected chi connectivity index (χ3v) is 3.79. The number of nitrogens with zero attached hydrogens (tertiary/aromatic N) is 3. The van der Waals surface area contributed by atoms with Crippen LogP contribution in [0.1, 0.15) is 27.3 Å². The summed E-state index contributed by atoms with van der Waals surface area (Å²) >= 11 is 1.12. The van der Waals surface area contributed by atoms with Crippen LogP contribution in [0.5, 0.6) is 0 Å². The summed E-state index contributed by atoms with van der Waals surface area (Å²) in [5.74, 6) is -1.08. The van der Waals surface area contributed by atoms with Crippen molar-refractivity contribution in [1.82, 2.24) is 15.0 Å². The molecule has 0 radical (unpaired) electrons. The Morgan fingerprint density at radius 3 is 2.40 bits per heavy atom. The van der Waals surface area contributed by atoms with Gasteiger partial charge in [0, 0.05) is 11.4 Å². The highest BCUT2D eigenvalue weighted by atomic mass is 32.2. The van der Waals surface area contributed by atoms with Gasteiger partial charge in [-0.1, -0.05) is 0 Å². The van der Waals surface area contributed by atoms with Crippen molar-refractivity contribution in [3.63, 3.8) is 0 Å². The number of hydrogen-bond donors (Lipinski definition) is 2. The quantitative estimate of drug-likeness (QED) is 0.835. The summed E-state index contributed by atoms with van der Waals surface area (Å²) < 4.78 is 0. The molecule has 0 aliphatic heterocycles. The van der Waals surface area contributed by atoms with Crippen LogP contribution < -0.4 is 5.73 Å². The predicted molar refractivity (Wildman–Crippen MR) is 76.0 cm³/mol. The molecule has 6 nitrogen and oxygen atoms in total. The Morgan fingerprint density at radius 1 is 1.25 bits per heavy atom. The lowest BCUT2D eigenvalue weighted by atomic mass is 10.2. The van der Waals surface area contributed by atoms with E-state index < -0.39 is 5.97 Å². The molecule has 0 amide bonds. The van der Waals surface area contributed by atoms with Gasteiger partial charge in [0.05, 0.1) is 17.4 Å². The topological polar surface area (TPSA) is 102 Å². The van der Waals surface area contributed by atoms with Gasteiger partial charge in [-0.05, 0) is 44.2 Å². The van der Waals surface area contributed by atoms with Crippen LogP contribution in [0.2, 0.25) is 0 Å². The maximum Gasteiger partial charge on any atom is 0.338 e. The molecule has 2 aromatic heterocycles. The zero-order valence-electron chi connectivity index (χ0n) is 11.3. The average Bonchev–Trinajstić information content (AvgIpc) is 2.37. The highest BCUT2D eigenvalue weighted by Crippen LogP contribution is 2.28. The fourth-order valence-corrected chi connectivity index (χ4v) is 2.48. The number of aromatic nitrogens is 3. The van der Waals surface area contributed by atoms with Crippen molar-refractivity contribution >= 4 is 23.4 Å². The first kappa shape index (κ1) is 14.3. The highest BCUT2D eigenvalue weighted by molar-refractivity contribution is 7.99. The molecule has 104 valence electrons. The number of rotatable bonds is 3. The van der Waals surface area contributed by atoms with E-state index in [1.165, 1.54) is 12.3 Å². The van der Waals surface area contributed by atoms with Gasteiger partial charge < -0.3 is 10.8 Å². The lowest BCUT2D eigenvalue weighted by molar-refractivity contribution is 0.0692. The molecule has 0 bridgehead atoms. The molecule has 20 heavy (non-hydrogen) atoms. The van der Waals surface area contributed by atoms with Gasteiger partial charge in [-0.15, -0.1) is 0 Å². The van der Waals surface area contributed by atoms with E-state index >= 15 is 0 Å². The number of carbonyl (C=O) groups is 1. The van der Waals surface area contributed by atoms with E-state index in [0.717, 1.165) is 28.7 Å². The van der Waals surface area contributed by atoms with E-state index in [0.29, 0.717) is 15.9 Å². The minimum atomic E-state index is -1.08. The average molecular weight is 290 g/mol. The van der Waals surface area contributed by atoms with Crippen LogP contribution in [0.3, 0.4) is 0 Å². The second kappa shape index (κ2) is 5.46. The predicted octanol–water partition coefficient (Wildman–Crippen LogP) is 2.23. The molecule has 3 N–H and O–H groups in total. The van der Waals surface area contributed by atoms with Crippen molar-refractivity contribution in [2.45, 2.75) is 31.0 Å². The van der Waals surface area contributed by atoms with Gasteiger partial charge in [0.1, 0.15) is 5.03 Å². The fourth-order valence-electron chi connectivity index (χ4n) is 1.58. The second-order valence-electron chi connectivity index (χ2n) is 4.33. The maximum absolute atomic E-state index is 11.2. The van der Waals surface area contributed by atoms with Crippen LogP contribution in [0, 0.1) is 20.8 Å². The highest BCUT2D eigenvalue weighted by Gasteiger charge is 2.15. The van der Waals surface area contributed by atoms with E-state index in [2.05, 4.69) is 15.0 Å². The van der Waals surface area contributed by atoms with E-state index in [1.807, 2.05) is 20.8 Å². The summed E-state index contributed by atoms with van der Waals surface area (Å²) in [6.07, 6.45) is 1.42. The molecule has 0 saturated carbocycles. The van der Waals surface area contributed by atoms with Crippen LogP contribution in [0.4, 0.5) is 5.69 Å². The molecule has 0 aliphatic rings. The number of hydrogen-bond acceptors (Lipinski definition) is 6. The third-order valence-electron chi connectivity index (χ3n) is 2.90. The Kier molecular flexibility index (Phi) is 3.89. The number of nitrogen functional groups attached to an aromatic ring is 1. The molecular formula is C13H14N4O2S. The number of carboxylic acids is 1. The number of aryl methyl sites for hydroxylation is 2. The molecule has 0 fully saturated rings. The number of aromatic carboxylic acids is 1. The minimum absolute atomic E-state index is 0.0504. The summed E-state index contributed by atoms with van der Waals surface area (Å²) in [4.78, 5) is 23.9. The van der Waals surface area contributed by atoms with Crippen LogP contribution >= 0.6 is 11.8 Å². The largest absolute Gasteiger partial charge is 0.478 e. The van der Waals surface area contributed by atoms with E-state index in [1.54, 1.807) is 0 Å². The van der Waals surface area contributed by atoms with Gasteiger partial charge in [0.25, 0.3) is 0 Å². The maximum atomic E-state index is 11.2. The van der Waals surface area contributed by atoms with E-state index in [9.17, 15) is 9.90 Å². The van der Waals surface area contributed by atoms with Crippen molar-refractivity contribution in [3.8, 4) is 0 Å². The zero-order chi connectivity index (χ0) is 14.9. The standard InChI is InChI=1S/C13H14N4O2S/c1-6-7(2)16-13(17-8(6)3)20-11-10(12(18)19)4-9(14)5-15-11/h4-5H,14H2,1-3H3,(H,18,19).